The number of hydrogen-bond donors (Lipinski definition) is 2. The molecule has 5 nitrogen and oxygen atoms in total. The molecule has 5 rings (SSSR count). The summed E-state index contributed by atoms with van der Waals surface area (Å²) in [6.07, 6.45) is 5.43. The van der Waals surface area contributed by atoms with Crippen molar-refractivity contribution in [3.05, 3.63) is 102 Å². The van der Waals surface area contributed by atoms with Gasteiger partial charge in [-0.25, -0.2) is 9.97 Å². The molecule has 2 N–H and O–H groups in total. The van der Waals surface area contributed by atoms with E-state index in [1.54, 1.807) is 6.33 Å². The van der Waals surface area contributed by atoms with Crippen LogP contribution in [-0.2, 0) is 6.61 Å². The van der Waals surface area contributed by atoms with Crippen molar-refractivity contribution in [1.82, 2.24) is 15.0 Å². The molecule has 0 saturated carbocycles. The van der Waals surface area contributed by atoms with Crippen molar-refractivity contribution < 1.29 is 4.74 Å². The molecule has 2 aromatic heterocycles. The number of hydrogen-bond acceptors (Lipinski definition) is 4. The molecule has 32 heavy (non-hydrogen) atoms. The van der Waals surface area contributed by atoms with E-state index >= 15 is 0 Å². The Hall–Kier alpha value is -3.83. The van der Waals surface area contributed by atoms with Crippen LogP contribution >= 0.6 is 11.6 Å². The molecule has 0 aliphatic heterocycles. The smallest absolute Gasteiger partial charge is 0.141 e. The van der Waals surface area contributed by atoms with E-state index in [0.29, 0.717) is 17.4 Å². The highest BCUT2D eigenvalue weighted by Gasteiger charge is 2.09. The lowest BCUT2D eigenvalue weighted by Crippen LogP contribution is -1.98. The fourth-order valence-corrected chi connectivity index (χ4v) is 3.87. The van der Waals surface area contributed by atoms with Crippen molar-refractivity contribution >= 4 is 34.0 Å². The average Bonchev–Trinajstić information content (AvgIpc) is 3.34. The number of benzene rings is 3. The topological polar surface area (TPSA) is 62.8 Å². The van der Waals surface area contributed by atoms with Gasteiger partial charge in [0.2, 0.25) is 0 Å². The zero-order chi connectivity index (χ0) is 21.9. The second-order valence-electron chi connectivity index (χ2n) is 7.60. The fraction of sp³-hybridized carbons (Fsp3) is 0.0769. The highest BCUT2D eigenvalue weighted by atomic mass is 35.5. The van der Waals surface area contributed by atoms with E-state index in [1.165, 1.54) is 5.56 Å². The lowest BCUT2D eigenvalue weighted by Gasteiger charge is -2.12. The highest BCUT2D eigenvalue weighted by molar-refractivity contribution is 6.32. The van der Waals surface area contributed by atoms with Gasteiger partial charge in [-0.3, -0.25) is 0 Å². The minimum atomic E-state index is 0.465. The molecule has 0 aliphatic carbocycles. The normalized spacial score (nSPS) is 10.9. The molecular formula is C26H21ClN4O. The van der Waals surface area contributed by atoms with Gasteiger partial charge in [0, 0.05) is 23.5 Å². The van der Waals surface area contributed by atoms with E-state index < -0.39 is 0 Å². The SMILES string of the molecule is Cc1cccc(COc2ccc(Nc3ncnc4ccc(-c5cc[nH]c5)cc34)cc2Cl)c1. The molecule has 0 saturated heterocycles. The largest absolute Gasteiger partial charge is 0.487 e. The van der Waals surface area contributed by atoms with Gasteiger partial charge in [-0.05, 0) is 60.0 Å². The Labute approximate surface area is 191 Å². The van der Waals surface area contributed by atoms with Crippen LogP contribution in [-0.4, -0.2) is 15.0 Å². The second kappa shape index (κ2) is 8.73. The van der Waals surface area contributed by atoms with Gasteiger partial charge in [-0.15, -0.1) is 0 Å². The van der Waals surface area contributed by atoms with Crippen molar-refractivity contribution in [3.63, 3.8) is 0 Å². The minimum Gasteiger partial charge on any atom is -0.487 e. The lowest BCUT2D eigenvalue weighted by atomic mass is 10.1. The third-order valence-corrected chi connectivity index (χ3v) is 5.53. The molecule has 2 heterocycles. The number of H-pyrrole nitrogens is 1. The number of aromatic nitrogens is 3. The van der Waals surface area contributed by atoms with E-state index in [0.717, 1.165) is 39.1 Å². The van der Waals surface area contributed by atoms with Gasteiger partial charge in [-0.1, -0.05) is 47.5 Å². The maximum absolute atomic E-state index is 6.50. The van der Waals surface area contributed by atoms with Crippen LogP contribution in [0.1, 0.15) is 11.1 Å². The summed E-state index contributed by atoms with van der Waals surface area (Å²) in [6.45, 7) is 2.53. The molecule has 0 radical (unpaired) electrons. The van der Waals surface area contributed by atoms with Crippen molar-refractivity contribution in [1.29, 1.82) is 0 Å². The van der Waals surface area contributed by atoms with Crippen molar-refractivity contribution in [2.45, 2.75) is 13.5 Å². The number of nitrogens with zero attached hydrogens (tertiary/aromatic N) is 2. The summed E-state index contributed by atoms with van der Waals surface area (Å²) >= 11 is 6.50. The van der Waals surface area contributed by atoms with E-state index in [4.69, 9.17) is 16.3 Å². The number of aromatic amines is 1. The van der Waals surface area contributed by atoms with Crippen LogP contribution in [0.4, 0.5) is 11.5 Å². The second-order valence-corrected chi connectivity index (χ2v) is 8.01. The fourth-order valence-electron chi connectivity index (χ4n) is 3.63. The summed E-state index contributed by atoms with van der Waals surface area (Å²) in [5.41, 5.74) is 6.20. The highest BCUT2D eigenvalue weighted by Crippen LogP contribution is 2.32. The van der Waals surface area contributed by atoms with Gasteiger partial charge in [0.05, 0.1) is 10.5 Å². The van der Waals surface area contributed by atoms with Gasteiger partial charge in [0.15, 0.2) is 0 Å². The Bertz CT molecular complexity index is 1380. The number of nitrogens with one attached hydrogen (secondary N) is 2. The van der Waals surface area contributed by atoms with Gasteiger partial charge in [-0.2, -0.15) is 0 Å². The zero-order valence-electron chi connectivity index (χ0n) is 17.5. The molecule has 0 amide bonds. The Morgan fingerprint density at radius 2 is 1.91 bits per heavy atom. The van der Waals surface area contributed by atoms with E-state index in [-0.39, 0.29) is 0 Å². The monoisotopic (exact) mass is 440 g/mol. The minimum absolute atomic E-state index is 0.465. The summed E-state index contributed by atoms with van der Waals surface area (Å²) in [5.74, 6) is 1.36. The number of halogens is 1. The molecule has 6 heteroatoms. The van der Waals surface area contributed by atoms with Crippen LogP contribution in [0.25, 0.3) is 22.0 Å². The van der Waals surface area contributed by atoms with Crippen molar-refractivity contribution in [2.24, 2.45) is 0 Å². The van der Waals surface area contributed by atoms with Crippen LogP contribution in [0.5, 0.6) is 5.75 Å². The first kappa shape index (κ1) is 20.1. The van der Waals surface area contributed by atoms with E-state index in [2.05, 4.69) is 51.5 Å². The molecule has 0 aliphatic rings. The van der Waals surface area contributed by atoms with Gasteiger partial charge >= 0.3 is 0 Å². The van der Waals surface area contributed by atoms with Crippen LogP contribution in [0, 0.1) is 6.92 Å². The molecule has 3 aromatic carbocycles. The maximum Gasteiger partial charge on any atom is 0.141 e. The average molecular weight is 441 g/mol. The van der Waals surface area contributed by atoms with Crippen LogP contribution < -0.4 is 10.1 Å². The van der Waals surface area contributed by atoms with E-state index in [9.17, 15) is 0 Å². The Balaban J connectivity index is 1.38. The molecule has 5 aromatic rings. The molecule has 0 atom stereocenters. The first-order valence-corrected chi connectivity index (χ1v) is 10.7. The van der Waals surface area contributed by atoms with Crippen LogP contribution in [0.15, 0.2) is 85.5 Å². The predicted octanol–water partition coefficient (Wildman–Crippen LogP) is 6.91. The number of anilines is 2. The van der Waals surface area contributed by atoms with Gasteiger partial charge in [0.25, 0.3) is 0 Å². The standard InChI is InChI=1S/C26H21ClN4O/c1-17-3-2-4-18(11-17)15-32-25-8-6-21(13-23(25)27)31-26-22-12-19(20-9-10-28-14-20)5-7-24(22)29-16-30-26/h2-14,16,28H,15H2,1H3,(H,29,30,31). The van der Waals surface area contributed by atoms with E-state index in [1.807, 2.05) is 54.9 Å². The lowest BCUT2D eigenvalue weighted by molar-refractivity contribution is 0.306. The quantitative estimate of drug-likeness (QED) is 0.301. The molecule has 0 spiro atoms. The number of aryl methyl sites for hydroxylation is 1. The summed E-state index contributed by atoms with van der Waals surface area (Å²) in [7, 11) is 0. The Morgan fingerprint density at radius 1 is 0.969 bits per heavy atom. The Kier molecular flexibility index (Phi) is 5.48. The molecule has 0 bridgehead atoms. The van der Waals surface area contributed by atoms with Crippen molar-refractivity contribution in [3.8, 4) is 16.9 Å². The van der Waals surface area contributed by atoms with Crippen LogP contribution in [0.2, 0.25) is 5.02 Å². The Morgan fingerprint density at radius 3 is 2.72 bits per heavy atom. The molecule has 158 valence electrons. The third-order valence-electron chi connectivity index (χ3n) is 5.24. The summed E-state index contributed by atoms with van der Waals surface area (Å²) in [4.78, 5) is 11.9. The van der Waals surface area contributed by atoms with Gasteiger partial charge < -0.3 is 15.0 Å². The first-order valence-electron chi connectivity index (χ1n) is 10.3. The zero-order valence-corrected chi connectivity index (χ0v) is 18.2. The molecule has 0 unspecified atom stereocenters. The molecule has 0 fully saturated rings. The number of ether oxygens (including phenoxy) is 1. The number of fused-ring (bicyclic) bond motifs is 1. The summed E-state index contributed by atoms with van der Waals surface area (Å²) in [6, 6.07) is 22.1. The number of rotatable bonds is 6. The summed E-state index contributed by atoms with van der Waals surface area (Å²) < 4.78 is 5.92. The van der Waals surface area contributed by atoms with Crippen LogP contribution in [0.3, 0.4) is 0 Å². The maximum atomic E-state index is 6.50. The first-order chi connectivity index (χ1) is 15.7. The summed E-state index contributed by atoms with van der Waals surface area (Å²) in [5, 5.41) is 4.84. The third kappa shape index (κ3) is 4.29. The van der Waals surface area contributed by atoms with Gasteiger partial charge in [0.1, 0.15) is 24.5 Å². The molecular weight excluding hydrogens is 420 g/mol. The van der Waals surface area contributed by atoms with Crippen molar-refractivity contribution in [2.75, 3.05) is 5.32 Å². The predicted molar refractivity (Wildman–Crippen MR) is 130 cm³/mol.